The lowest BCUT2D eigenvalue weighted by Gasteiger charge is -2.26. The first kappa shape index (κ1) is 13.9. The Balaban J connectivity index is 1.95. The Morgan fingerprint density at radius 3 is 2.63 bits per heavy atom. The fraction of sp³-hybridized carbons (Fsp3) is 0.538. The number of nitrogens with one attached hydrogen (secondary N) is 2. The molecule has 1 aliphatic rings. The van der Waals surface area contributed by atoms with Crippen molar-refractivity contribution in [2.24, 2.45) is 0 Å². The second-order valence-electron chi connectivity index (χ2n) is 4.97. The van der Waals surface area contributed by atoms with Gasteiger partial charge in [-0.3, -0.25) is 0 Å². The summed E-state index contributed by atoms with van der Waals surface area (Å²) in [6, 6.07) is 1.40. The number of hydrogen-bond donors (Lipinski definition) is 3. The largest absolute Gasteiger partial charge is 0.480 e. The number of amides is 2. The SMILES string of the molecule is CC(NC(=O)NC1(C(=O)O)CCCC1)c1ccsc1. The van der Waals surface area contributed by atoms with Gasteiger partial charge in [0.2, 0.25) is 0 Å². The molecule has 0 aromatic carbocycles. The molecule has 0 radical (unpaired) electrons. The minimum Gasteiger partial charge on any atom is -0.480 e. The third-order valence-corrected chi connectivity index (χ3v) is 4.31. The van der Waals surface area contributed by atoms with Crippen LogP contribution in [0.15, 0.2) is 16.8 Å². The van der Waals surface area contributed by atoms with Crippen LogP contribution in [-0.2, 0) is 4.79 Å². The van der Waals surface area contributed by atoms with Crippen molar-refractivity contribution in [3.63, 3.8) is 0 Å². The van der Waals surface area contributed by atoms with E-state index in [4.69, 9.17) is 0 Å². The average molecular weight is 282 g/mol. The van der Waals surface area contributed by atoms with Crippen molar-refractivity contribution in [3.05, 3.63) is 22.4 Å². The molecule has 2 rings (SSSR count). The smallest absolute Gasteiger partial charge is 0.329 e. The Bertz CT molecular complexity index is 452. The summed E-state index contributed by atoms with van der Waals surface area (Å²) in [7, 11) is 0. The number of carboxylic acids is 1. The van der Waals surface area contributed by atoms with Gasteiger partial charge in [-0.15, -0.1) is 0 Å². The van der Waals surface area contributed by atoms with Gasteiger partial charge < -0.3 is 15.7 Å². The second-order valence-corrected chi connectivity index (χ2v) is 5.75. The molecule has 19 heavy (non-hydrogen) atoms. The standard InChI is InChI=1S/C13H18N2O3S/c1-9(10-4-7-19-8-10)14-12(18)15-13(11(16)17)5-2-3-6-13/h4,7-9H,2-3,5-6H2,1H3,(H,16,17)(H2,14,15,18). The molecule has 1 aliphatic carbocycles. The Kier molecular flexibility index (Phi) is 4.09. The zero-order chi connectivity index (χ0) is 13.9. The van der Waals surface area contributed by atoms with Crippen LogP contribution in [-0.4, -0.2) is 22.6 Å². The summed E-state index contributed by atoms with van der Waals surface area (Å²) < 4.78 is 0. The summed E-state index contributed by atoms with van der Waals surface area (Å²) in [5, 5.41) is 18.6. The van der Waals surface area contributed by atoms with Crippen LogP contribution in [0.25, 0.3) is 0 Å². The first-order valence-corrected chi connectivity index (χ1v) is 7.32. The third kappa shape index (κ3) is 3.07. The molecule has 1 saturated carbocycles. The number of aliphatic carboxylic acids is 1. The zero-order valence-electron chi connectivity index (χ0n) is 10.8. The highest BCUT2D eigenvalue weighted by Gasteiger charge is 2.42. The van der Waals surface area contributed by atoms with Crippen LogP contribution >= 0.6 is 11.3 Å². The molecule has 0 bridgehead atoms. The number of carbonyl (C=O) groups is 2. The Hall–Kier alpha value is -1.56. The third-order valence-electron chi connectivity index (χ3n) is 3.61. The van der Waals surface area contributed by atoms with E-state index in [0.29, 0.717) is 12.8 Å². The summed E-state index contributed by atoms with van der Waals surface area (Å²) in [5.41, 5.74) is -0.0608. The zero-order valence-corrected chi connectivity index (χ0v) is 11.6. The molecular weight excluding hydrogens is 264 g/mol. The molecule has 2 amide bonds. The lowest BCUT2D eigenvalue weighted by Crippen LogP contribution is -2.55. The predicted octanol–water partition coefficient (Wildman–Crippen LogP) is 2.51. The molecule has 5 nitrogen and oxygen atoms in total. The van der Waals surface area contributed by atoms with Gasteiger partial charge in [-0.1, -0.05) is 12.8 Å². The van der Waals surface area contributed by atoms with E-state index in [1.54, 1.807) is 11.3 Å². The molecule has 1 aromatic heterocycles. The van der Waals surface area contributed by atoms with Crippen molar-refractivity contribution in [2.75, 3.05) is 0 Å². The van der Waals surface area contributed by atoms with E-state index in [9.17, 15) is 14.7 Å². The molecule has 104 valence electrons. The van der Waals surface area contributed by atoms with E-state index < -0.39 is 17.5 Å². The quantitative estimate of drug-likeness (QED) is 0.794. The van der Waals surface area contributed by atoms with Crippen LogP contribution in [0.2, 0.25) is 0 Å². The lowest BCUT2D eigenvalue weighted by atomic mass is 9.98. The van der Waals surface area contributed by atoms with Gasteiger partial charge in [-0.2, -0.15) is 11.3 Å². The predicted molar refractivity (Wildman–Crippen MR) is 73.2 cm³/mol. The molecule has 1 atom stereocenters. The van der Waals surface area contributed by atoms with Crippen molar-refractivity contribution in [1.29, 1.82) is 0 Å². The van der Waals surface area contributed by atoms with Gasteiger partial charge in [0.1, 0.15) is 5.54 Å². The summed E-state index contributed by atoms with van der Waals surface area (Å²) in [5.74, 6) is -0.941. The molecule has 6 heteroatoms. The highest BCUT2D eigenvalue weighted by molar-refractivity contribution is 7.07. The van der Waals surface area contributed by atoms with Gasteiger partial charge in [-0.05, 0) is 42.2 Å². The van der Waals surface area contributed by atoms with Crippen LogP contribution in [0.1, 0.15) is 44.2 Å². The van der Waals surface area contributed by atoms with E-state index in [1.165, 1.54) is 0 Å². The van der Waals surface area contributed by atoms with E-state index in [-0.39, 0.29) is 6.04 Å². The van der Waals surface area contributed by atoms with Crippen molar-refractivity contribution in [1.82, 2.24) is 10.6 Å². The molecule has 1 unspecified atom stereocenters. The van der Waals surface area contributed by atoms with Crippen molar-refractivity contribution in [3.8, 4) is 0 Å². The first-order valence-electron chi connectivity index (χ1n) is 6.38. The maximum atomic E-state index is 11.9. The number of hydrogen-bond acceptors (Lipinski definition) is 3. The number of carbonyl (C=O) groups excluding carboxylic acids is 1. The van der Waals surface area contributed by atoms with Gasteiger partial charge in [-0.25, -0.2) is 9.59 Å². The summed E-state index contributed by atoms with van der Waals surface area (Å²) >= 11 is 1.57. The van der Waals surface area contributed by atoms with Crippen molar-refractivity contribution < 1.29 is 14.7 Å². The second kappa shape index (κ2) is 5.61. The van der Waals surface area contributed by atoms with Gasteiger partial charge in [0.15, 0.2) is 0 Å². The lowest BCUT2D eigenvalue weighted by molar-refractivity contribution is -0.144. The van der Waals surface area contributed by atoms with E-state index >= 15 is 0 Å². The Labute approximate surface area is 116 Å². The van der Waals surface area contributed by atoms with Crippen LogP contribution in [0, 0.1) is 0 Å². The van der Waals surface area contributed by atoms with Crippen molar-refractivity contribution >= 4 is 23.3 Å². The van der Waals surface area contributed by atoms with Gasteiger partial charge in [0.05, 0.1) is 6.04 Å². The number of rotatable bonds is 4. The molecule has 1 aromatic rings. The summed E-state index contributed by atoms with van der Waals surface area (Å²) in [6.07, 6.45) is 2.69. The van der Waals surface area contributed by atoms with Gasteiger partial charge in [0, 0.05) is 0 Å². The van der Waals surface area contributed by atoms with E-state index in [1.807, 2.05) is 23.8 Å². The summed E-state index contributed by atoms with van der Waals surface area (Å²) in [6.45, 7) is 1.88. The highest BCUT2D eigenvalue weighted by atomic mass is 32.1. The molecule has 0 aliphatic heterocycles. The molecule has 0 spiro atoms. The maximum Gasteiger partial charge on any atom is 0.329 e. The number of urea groups is 1. The number of carboxylic acid groups (broad SMARTS) is 1. The number of thiophene rings is 1. The first-order chi connectivity index (χ1) is 9.03. The van der Waals surface area contributed by atoms with Crippen LogP contribution in [0.5, 0.6) is 0 Å². The highest BCUT2D eigenvalue weighted by Crippen LogP contribution is 2.30. The van der Waals surface area contributed by atoms with Gasteiger partial charge >= 0.3 is 12.0 Å². The average Bonchev–Trinajstić information content (AvgIpc) is 2.99. The Morgan fingerprint density at radius 1 is 1.42 bits per heavy atom. The molecule has 3 N–H and O–H groups in total. The Morgan fingerprint density at radius 2 is 2.11 bits per heavy atom. The minimum absolute atomic E-state index is 0.126. The molecule has 1 fully saturated rings. The minimum atomic E-state index is -1.08. The summed E-state index contributed by atoms with van der Waals surface area (Å²) in [4.78, 5) is 23.3. The monoisotopic (exact) mass is 282 g/mol. The molecule has 1 heterocycles. The normalized spacial score (nSPS) is 18.8. The van der Waals surface area contributed by atoms with Crippen LogP contribution < -0.4 is 10.6 Å². The molecular formula is C13H18N2O3S. The van der Waals surface area contributed by atoms with E-state index in [0.717, 1.165) is 18.4 Å². The van der Waals surface area contributed by atoms with Crippen molar-refractivity contribution in [2.45, 2.75) is 44.2 Å². The topological polar surface area (TPSA) is 78.4 Å². The fourth-order valence-corrected chi connectivity index (χ4v) is 3.18. The van der Waals surface area contributed by atoms with Gasteiger partial charge in [0.25, 0.3) is 0 Å². The maximum absolute atomic E-state index is 11.9. The molecule has 0 saturated heterocycles. The fourth-order valence-electron chi connectivity index (χ4n) is 2.43. The van der Waals surface area contributed by atoms with Crippen LogP contribution in [0.4, 0.5) is 4.79 Å². The van der Waals surface area contributed by atoms with E-state index in [2.05, 4.69) is 10.6 Å². The van der Waals surface area contributed by atoms with Crippen LogP contribution in [0.3, 0.4) is 0 Å².